The maximum atomic E-state index is 11.9. The maximum absolute atomic E-state index is 11.9. The van der Waals surface area contributed by atoms with Gasteiger partial charge in [-0.1, -0.05) is 19.3 Å². The third-order valence-corrected chi connectivity index (χ3v) is 4.06. The number of hydrogen-bond acceptors (Lipinski definition) is 4. The zero-order valence-electron chi connectivity index (χ0n) is 13.1. The fourth-order valence-corrected chi connectivity index (χ4v) is 2.88. The van der Waals surface area contributed by atoms with Gasteiger partial charge < -0.3 is 15.2 Å². The first-order valence-electron chi connectivity index (χ1n) is 8.16. The Kier molecular flexibility index (Phi) is 5.18. The molecule has 3 rings (SSSR count). The summed E-state index contributed by atoms with van der Waals surface area (Å²) in [5.41, 5.74) is 0. The van der Waals surface area contributed by atoms with Crippen LogP contribution in [0.25, 0.3) is 11.6 Å². The molecule has 7 nitrogen and oxygen atoms in total. The van der Waals surface area contributed by atoms with E-state index < -0.39 is 0 Å². The molecule has 1 aliphatic carbocycles. The molecule has 2 amide bonds. The largest absolute Gasteiger partial charge is 0.336 e. The van der Waals surface area contributed by atoms with Crippen LogP contribution in [0.1, 0.15) is 32.1 Å². The van der Waals surface area contributed by atoms with Crippen LogP contribution < -0.4 is 10.6 Å². The molecule has 1 fully saturated rings. The smallest absolute Gasteiger partial charge is 0.315 e. The molecule has 0 radical (unpaired) electrons. The summed E-state index contributed by atoms with van der Waals surface area (Å²) in [6.45, 7) is 1.17. The van der Waals surface area contributed by atoms with E-state index in [1.54, 1.807) is 24.7 Å². The van der Waals surface area contributed by atoms with Crippen LogP contribution in [-0.4, -0.2) is 38.1 Å². The number of nitrogens with zero attached hydrogens (tertiary/aromatic N) is 4. The minimum atomic E-state index is -0.0884. The predicted molar refractivity (Wildman–Crippen MR) is 86.7 cm³/mol. The summed E-state index contributed by atoms with van der Waals surface area (Å²) in [6, 6.07) is 2.01. The number of rotatable bonds is 5. The van der Waals surface area contributed by atoms with Crippen LogP contribution in [-0.2, 0) is 6.54 Å². The summed E-state index contributed by atoms with van der Waals surface area (Å²) in [5, 5.41) is 5.95. The molecule has 0 spiro atoms. The second kappa shape index (κ2) is 7.71. The van der Waals surface area contributed by atoms with Crippen molar-refractivity contribution in [3.63, 3.8) is 0 Å². The van der Waals surface area contributed by atoms with E-state index in [-0.39, 0.29) is 6.03 Å². The SMILES string of the molecule is O=C(NCCn1ccnc1-c1ncccn1)NC1CCCCC1. The Bertz CT molecular complexity index is 621. The number of hydrogen-bond donors (Lipinski definition) is 2. The molecule has 23 heavy (non-hydrogen) atoms. The van der Waals surface area contributed by atoms with E-state index in [9.17, 15) is 4.79 Å². The van der Waals surface area contributed by atoms with Gasteiger partial charge >= 0.3 is 6.03 Å². The lowest BCUT2D eigenvalue weighted by atomic mass is 9.96. The quantitative estimate of drug-likeness (QED) is 0.883. The Labute approximate surface area is 135 Å². The van der Waals surface area contributed by atoms with Gasteiger partial charge in [0.15, 0.2) is 11.6 Å². The average Bonchev–Trinajstić information content (AvgIpc) is 3.05. The minimum Gasteiger partial charge on any atom is -0.336 e. The van der Waals surface area contributed by atoms with E-state index in [0.717, 1.165) is 12.8 Å². The number of amides is 2. The summed E-state index contributed by atoms with van der Waals surface area (Å²) in [5.74, 6) is 1.30. The lowest BCUT2D eigenvalue weighted by Gasteiger charge is -2.22. The predicted octanol–water partition coefficient (Wildman–Crippen LogP) is 1.97. The summed E-state index contributed by atoms with van der Waals surface area (Å²) in [6.07, 6.45) is 12.8. The zero-order valence-corrected chi connectivity index (χ0v) is 13.1. The van der Waals surface area contributed by atoms with Gasteiger partial charge in [-0.25, -0.2) is 19.7 Å². The van der Waals surface area contributed by atoms with Gasteiger partial charge in [0, 0.05) is 43.9 Å². The molecule has 0 aromatic carbocycles. The van der Waals surface area contributed by atoms with Crippen molar-refractivity contribution in [3.8, 4) is 11.6 Å². The van der Waals surface area contributed by atoms with Gasteiger partial charge in [-0.05, 0) is 18.9 Å². The Morgan fingerprint density at radius 2 is 1.91 bits per heavy atom. The second-order valence-corrected chi connectivity index (χ2v) is 5.75. The van der Waals surface area contributed by atoms with Crippen LogP contribution in [0.5, 0.6) is 0 Å². The Balaban J connectivity index is 1.47. The Morgan fingerprint density at radius 3 is 2.70 bits per heavy atom. The first-order chi connectivity index (χ1) is 11.3. The van der Waals surface area contributed by atoms with E-state index >= 15 is 0 Å². The molecular weight excluding hydrogens is 292 g/mol. The number of imidazole rings is 1. The zero-order chi connectivity index (χ0) is 15.9. The van der Waals surface area contributed by atoms with Gasteiger partial charge in [-0.3, -0.25) is 0 Å². The fraction of sp³-hybridized carbons (Fsp3) is 0.500. The van der Waals surface area contributed by atoms with Crippen molar-refractivity contribution in [1.82, 2.24) is 30.2 Å². The van der Waals surface area contributed by atoms with Crippen LogP contribution in [0.2, 0.25) is 0 Å². The molecule has 2 heterocycles. The molecule has 122 valence electrons. The molecule has 0 unspecified atom stereocenters. The lowest BCUT2D eigenvalue weighted by Crippen LogP contribution is -2.43. The van der Waals surface area contributed by atoms with Gasteiger partial charge in [0.1, 0.15) is 0 Å². The van der Waals surface area contributed by atoms with Gasteiger partial charge in [0.25, 0.3) is 0 Å². The standard InChI is InChI=1S/C16H22N6O/c23-16(21-13-5-2-1-3-6-13)20-10-12-22-11-9-19-15(22)14-17-7-4-8-18-14/h4,7-9,11,13H,1-3,5-6,10,12H2,(H2,20,21,23). The van der Waals surface area contributed by atoms with E-state index in [1.165, 1.54) is 19.3 Å². The molecule has 2 aromatic heterocycles. The Hall–Kier alpha value is -2.44. The highest BCUT2D eigenvalue weighted by molar-refractivity contribution is 5.74. The molecular formula is C16H22N6O. The fourth-order valence-electron chi connectivity index (χ4n) is 2.88. The van der Waals surface area contributed by atoms with Gasteiger partial charge in [0.2, 0.25) is 0 Å². The van der Waals surface area contributed by atoms with Gasteiger partial charge in [-0.2, -0.15) is 0 Å². The van der Waals surface area contributed by atoms with E-state index in [2.05, 4.69) is 25.6 Å². The molecule has 1 saturated carbocycles. The third-order valence-electron chi connectivity index (χ3n) is 4.06. The van der Waals surface area contributed by atoms with Crippen molar-refractivity contribution >= 4 is 6.03 Å². The number of aromatic nitrogens is 4. The van der Waals surface area contributed by atoms with Gasteiger partial charge in [0.05, 0.1) is 0 Å². The van der Waals surface area contributed by atoms with E-state index in [4.69, 9.17) is 0 Å². The highest BCUT2D eigenvalue weighted by Crippen LogP contribution is 2.17. The number of carbonyl (C=O) groups excluding carboxylic acids is 1. The average molecular weight is 314 g/mol. The van der Waals surface area contributed by atoms with Crippen LogP contribution in [0.15, 0.2) is 30.9 Å². The van der Waals surface area contributed by atoms with Crippen LogP contribution >= 0.6 is 0 Å². The molecule has 0 saturated heterocycles. The summed E-state index contributed by atoms with van der Waals surface area (Å²) in [4.78, 5) is 24.6. The molecule has 7 heteroatoms. The molecule has 0 bridgehead atoms. The normalized spacial score (nSPS) is 15.3. The van der Waals surface area contributed by atoms with Crippen molar-refractivity contribution in [2.45, 2.75) is 44.7 Å². The van der Waals surface area contributed by atoms with Crippen LogP contribution in [0.4, 0.5) is 4.79 Å². The number of urea groups is 1. The van der Waals surface area contributed by atoms with Crippen molar-refractivity contribution in [3.05, 3.63) is 30.9 Å². The first kappa shape index (κ1) is 15.5. The number of nitrogens with one attached hydrogen (secondary N) is 2. The monoisotopic (exact) mass is 314 g/mol. The van der Waals surface area contributed by atoms with Crippen molar-refractivity contribution in [2.75, 3.05) is 6.54 Å². The van der Waals surface area contributed by atoms with Crippen molar-refractivity contribution < 1.29 is 4.79 Å². The summed E-state index contributed by atoms with van der Waals surface area (Å²) >= 11 is 0. The Morgan fingerprint density at radius 1 is 1.13 bits per heavy atom. The maximum Gasteiger partial charge on any atom is 0.315 e. The van der Waals surface area contributed by atoms with Crippen molar-refractivity contribution in [2.24, 2.45) is 0 Å². The van der Waals surface area contributed by atoms with Crippen molar-refractivity contribution in [1.29, 1.82) is 0 Å². The van der Waals surface area contributed by atoms with E-state index in [1.807, 2.05) is 10.8 Å². The summed E-state index contributed by atoms with van der Waals surface area (Å²) in [7, 11) is 0. The molecule has 1 aliphatic rings. The topological polar surface area (TPSA) is 84.7 Å². The van der Waals surface area contributed by atoms with Crippen LogP contribution in [0.3, 0.4) is 0 Å². The highest BCUT2D eigenvalue weighted by atomic mass is 16.2. The molecule has 0 aliphatic heterocycles. The second-order valence-electron chi connectivity index (χ2n) is 5.75. The molecule has 2 aromatic rings. The lowest BCUT2D eigenvalue weighted by molar-refractivity contribution is 0.232. The first-order valence-corrected chi connectivity index (χ1v) is 8.16. The van der Waals surface area contributed by atoms with Gasteiger partial charge in [-0.15, -0.1) is 0 Å². The highest BCUT2D eigenvalue weighted by Gasteiger charge is 2.15. The van der Waals surface area contributed by atoms with E-state index in [0.29, 0.717) is 30.8 Å². The third kappa shape index (κ3) is 4.28. The summed E-state index contributed by atoms with van der Waals surface area (Å²) < 4.78 is 1.94. The minimum absolute atomic E-state index is 0.0884. The van der Waals surface area contributed by atoms with Crippen LogP contribution in [0, 0.1) is 0 Å². The molecule has 2 N–H and O–H groups in total. The number of carbonyl (C=O) groups is 1. The molecule has 0 atom stereocenters.